The van der Waals surface area contributed by atoms with Crippen molar-refractivity contribution in [2.75, 3.05) is 12.3 Å². The van der Waals surface area contributed by atoms with Crippen molar-refractivity contribution in [3.8, 4) is 0 Å². The summed E-state index contributed by atoms with van der Waals surface area (Å²) in [4.78, 5) is 12.1. The molecule has 0 saturated carbocycles. The maximum atomic E-state index is 12.1. The molecule has 0 radical (unpaired) electrons. The Morgan fingerprint density at radius 2 is 1.82 bits per heavy atom. The Morgan fingerprint density at radius 3 is 2.36 bits per heavy atom. The number of hydrogen-bond acceptors (Lipinski definition) is 3. The number of benzene rings is 1. The molecule has 2 N–H and O–H groups in total. The van der Waals surface area contributed by atoms with Crippen LogP contribution < -0.4 is 10.0 Å². The van der Waals surface area contributed by atoms with Crippen LogP contribution in [0.1, 0.15) is 39.7 Å². The Kier molecular flexibility index (Phi) is 6.56. The molecule has 0 aromatic heterocycles. The molecule has 1 amide bonds. The minimum atomic E-state index is -3.39. The molecule has 0 heterocycles. The summed E-state index contributed by atoms with van der Waals surface area (Å²) in [7, 11) is -3.39. The van der Waals surface area contributed by atoms with E-state index in [-0.39, 0.29) is 17.1 Å². The van der Waals surface area contributed by atoms with Crippen LogP contribution in [-0.4, -0.2) is 32.7 Å². The van der Waals surface area contributed by atoms with Crippen molar-refractivity contribution in [2.45, 2.75) is 45.6 Å². The first kappa shape index (κ1) is 18.6. The van der Waals surface area contributed by atoms with Gasteiger partial charge in [0.25, 0.3) is 0 Å². The number of sulfonamides is 1. The summed E-state index contributed by atoms with van der Waals surface area (Å²) < 4.78 is 25.7. The molecule has 0 fully saturated rings. The third-order valence-electron chi connectivity index (χ3n) is 3.48. The van der Waals surface area contributed by atoms with Gasteiger partial charge in [0.05, 0.1) is 11.8 Å². The van der Waals surface area contributed by atoms with Crippen LogP contribution >= 0.6 is 0 Å². The van der Waals surface area contributed by atoms with Crippen LogP contribution in [0.15, 0.2) is 30.3 Å². The maximum absolute atomic E-state index is 12.1. The molecule has 1 atom stereocenters. The summed E-state index contributed by atoms with van der Waals surface area (Å²) >= 11 is 0. The fraction of sp³-hybridized carbons (Fsp3) is 0.562. The molecule has 0 bridgehead atoms. The third-order valence-corrected chi connectivity index (χ3v) is 5.14. The zero-order chi connectivity index (χ0) is 16.8. The molecular weight excluding hydrogens is 300 g/mol. The van der Waals surface area contributed by atoms with Gasteiger partial charge in [0.2, 0.25) is 15.9 Å². The molecule has 124 valence electrons. The summed E-state index contributed by atoms with van der Waals surface area (Å²) in [5, 5.41) is 2.82. The predicted molar refractivity (Wildman–Crippen MR) is 89.2 cm³/mol. The minimum absolute atomic E-state index is 0.0279. The maximum Gasteiger partial charge on any atom is 0.237 e. The van der Waals surface area contributed by atoms with Gasteiger partial charge in [-0.3, -0.25) is 4.79 Å². The molecule has 0 aliphatic carbocycles. The van der Waals surface area contributed by atoms with E-state index >= 15 is 0 Å². The van der Waals surface area contributed by atoms with Crippen molar-refractivity contribution in [3.05, 3.63) is 35.9 Å². The number of amides is 1. The van der Waals surface area contributed by atoms with E-state index in [1.165, 1.54) is 0 Å². The van der Waals surface area contributed by atoms with E-state index in [1.807, 2.05) is 44.2 Å². The van der Waals surface area contributed by atoms with E-state index < -0.39 is 16.1 Å². The number of carbonyl (C=O) groups excluding carboxylic acids is 1. The lowest BCUT2D eigenvalue weighted by atomic mass is 9.84. The normalized spacial score (nSPS) is 13.6. The molecule has 6 heteroatoms. The van der Waals surface area contributed by atoms with Gasteiger partial charge in [0, 0.05) is 12.0 Å². The third kappa shape index (κ3) is 5.77. The lowest BCUT2D eigenvalue weighted by molar-refractivity contribution is -0.122. The lowest BCUT2D eigenvalue weighted by Crippen LogP contribution is -2.48. The molecule has 22 heavy (non-hydrogen) atoms. The molecule has 0 unspecified atom stereocenters. The highest BCUT2D eigenvalue weighted by Gasteiger charge is 2.24. The second kappa shape index (κ2) is 7.74. The van der Waals surface area contributed by atoms with Gasteiger partial charge in [-0.15, -0.1) is 0 Å². The van der Waals surface area contributed by atoms with Gasteiger partial charge < -0.3 is 5.32 Å². The molecular formula is C16H26N2O3S. The first-order valence-electron chi connectivity index (χ1n) is 7.51. The first-order chi connectivity index (χ1) is 10.2. The Morgan fingerprint density at radius 1 is 1.23 bits per heavy atom. The van der Waals surface area contributed by atoms with Gasteiger partial charge in [0.1, 0.15) is 0 Å². The van der Waals surface area contributed by atoms with Crippen LogP contribution in [0.25, 0.3) is 0 Å². The van der Waals surface area contributed by atoms with E-state index in [4.69, 9.17) is 0 Å². The monoisotopic (exact) mass is 326 g/mol. The fourth-order valence-electron chi connectivity index (χ4n) is 2.10. The number of rotatable bonds is 8. The van der Waals surface area contributed by atoms with Crippen molar-refractivity contribution in [2.24, 2.45) is 0 Å². The molecule has 0 spiro atoms. The standard InChI is InChI=1S/C16H26N2O3S/c1-5-11-22(20,21)18-13(2)15(19)17-12-16(3,4)14-9-7-6-8-10-14/h6-10,13,18H,5,11-12H2,1-4H3,(H,17,19)/t13-/m0/s1. The molecule has 0 aliphatic heterocycles. The Balaban J connectivity index is 2.59. The highest BCUT2D eigenvalue weighted by atomic mass is 32.2. The van der Waals surface area contributed by atoms with Crippen molar-refractivity contribution in [1.82, 2.24) is 10.0 Å². The van der Waals surface area contributed by atoms with Crippen molar-refractivity contribution < 1.29 is 13.2 Å². The molecule has 1 aromatic carbocycles. The highest BCUT2D eigenvalue weighted by Crippen LogP contribution is 2.21. The van der Waals surface area contributed by atoms with E-state index in [2.05, 4.69) is 10.0 Å². The summed E-state index contributed by atoms with van der Waals surface area (Å²) in [5.74, 6) is -0.288. The molecule has 0 saturated heterocycles. The van der Waals surface area contributed by atoms with E-state index in [0.717, 1.165) is 5.56 Å². The summed E-state index contributed by atoms with van der Waals surface area (Å²) in [6.07, 6.45) is 0.519. The Labute approximate surface area is 133 Å². The lowest BCUT2D eigenvalue weighted by Gasteiger charge is -2.26. The van der Waals surface area contributed by atoms with E-state index in [9.17, 15) is 13.2 Å². The van der Waals surface area contributed by atoms with Crippen LogP contribution in [0.2, 0.25) is 0 Å². The average Bonchev–Trinajstić information content (AvgIpc) is 2.45. The van der Waals surface area contributed by atoms with Gasteiger partial charge in [-0.25, -0.2) is 13.1 Å². The van der Waals surface area contributed by atoms with Gasteiger partial charge >= 0.3 is 0 Å². The summed E-state index contributed by atoms with van der Waals surface area (Å²) in [5.41, 5.74) is 0.897. The molecule has 5 nitrogen and oxygen atoms in total. The van der Waals surface area contributed by atoms with Gasteiger partial charge in [0.15, 0.2) is 0 Å². The Hall–Kier alpha value is -1.40. The topological polar surface area (TPSA) is 75.3 Å². The molecule has 1 aromatic rings. The zero-order valence-electron chi connectivity index (χ0n) is 13.7. The predicted octanol–water partition coefficient (Wildman–Crippen LogP) is 1.80. The number of nitrogens with one attached hydrogen (secondary N) is 2. The Bertz CT molecular complexity index is 583. The van der Waals surface area contributed by atoms with E-state index in [0.29, 0.717) is 13.0 Å². The molecule has 0 aliphatic rings. The van der Waals surface area contributed by atoms with Crippen LogP contribution in [0.3, 0.4) is 0 Å². The van der Waals surface area contributed by atoms with E-state index in [1.54, 1.807) is 13.8 Å². The van der Waals surface area contributed by atoms with Crippen LogP contribution in [0.5, 0.6) is 0 Å². The zero-order valence-corrected chi connectivity index (χ0v) is 14.5. The second-order valence-electron chi connectivity index (χ2n) is 6.13. The summed E-state index contributed by atoms with van der Waals surface area (Å²) in [6, 6.07) is 9.12. The fourth-order valence-corrected chi connectivity index (χ4v) is 3.40. The molecule has 1 rings (SSSR count). The number of hydrogen-bond donors (Lipinski definition) is 2. The van der Waals surface area contributed by atoms with Crippen molar-refractivity contribution in [1.29, 1.82) is 0 Å². The SMILES string of the molecule is CCCS(=O)(=O)N[C@@H](C)C(=O)NCC(C)(C)c1ccccc1. The van der Waals surface area contributed by atoms with Crippen LogP contribution in [0, 0.1) is 0 Å². The highest BCUT2D eigenvalue weighted by molar-refractivity contribution is 7.89. The second-order valence-corrected chi connectivity index (χ2v) is 8.00. The summed E-state index contributed by atoms with van der Waals surface area (Å²) in [6.45, 7) is 7.85. The smallest absolute Gasteiger partial charge is 0.237 e. The first-order valence-corrected chi connectivity index (χ1v) is 9.16. The van der Waals surface area contributed by atoms with Crippen molar-refractivity contribution >= 4 is 15.9 Å². The van der Waals surface area contributed by atoms with Gasteiger partial charge in [-0.2, -0.15) is 0 Å². The van der Waals surface area contributed by atoms with Crippen LogP contribution in [0.4, 0.5) is 0 Å². The van der Waals surface area contributed by atoms with Crippen molar-refractivity contribution in [3.63, 3.8) is 0 Å². The van der Waals surface area contributed by atoms with Gasteiger partial charge in [-0.1, -0.05) is 51.1 Å². The largest absolute Gasteiger partial charge is 0.354 e. The quantitative estimate of drug-likeness (QED) is 0.765. The van der Waals surface area contributed by atoms with Crippen LogP contribution in [-0.2, 0) is 20.2 Å². The minimum Gasteiger partial charge on any atom is -0.354 e. The average molecular weight is 326 g/mol. The van der Waals surface area contributed by atoms with Gasteiger partial charge in [-0.05, 0) is 18.9 Å². The number of carbonyl (C=O) groups is 1.